The second-order valence-electron chi connectivity index (χ2n) is 5.56. The second-order valence-corrected chi connectivity index (χ2v) is 7.73. The molecule has 0 bridgehead atoms. The maximum Gasteiger partial charge on any atom is 0.348 e. The Bertz CT molecular complexity index is 703. The molecule has 0 radical (unpaired) electrons. The van der Waals surface area contributed by atoms with Crippen molar-refractivity contribution in [3.63, 3.8) is 0 Å². The number of amides is 3. The lowest BCUT2D eigenvalue weighted by molar-refractivity contribution is -0.163. The zero-order chi connectivity index (χ0) is 15.9. The van der Waals surface area contributed by atoms with E-state index in [1.165, 1.54) is 12.1 Å². The zero-order valence-electron chi connectivity index (χ0n) is 11.7. The van der Waals surface area contributed by atoms with Crippen LogP contribution in [0.15, 0.2) is 35.2 Å². The second kappa shape index (κ2) is 5.36. The zero-order valence-corrected chi connectivity index (χ0v) is 12.5. The van der Waals surface area contributed by atoms with Gasteiger partial charge in [0, 0.05) is 0 Å². The highest BCUT2D eigenvalue weighted by Crippen LogP contribution is 2.35. The summed E-state index contributed by atoms with van der Waals surface area (Å²) in [6, 6.07) is 6.22. The van der Waals surface area contributed by atoms with Crippen molar-refractivity contribution in [2.24, 2.45) is 5.92 Å². The minimum absolute atomic E-state index is 0.0404. The van der Waals surface area contributed by atoms with Crippen LogP contribution < -0.4 is 5.32 Å². The Morgan fingerprint density at radius 2 is 1.82 bits per heavy atom. The number of benzene rings is 1. The number of hydrogen-bond acceptors (Lipinski definition) is 5. The van der Waals surface area contributed by atoms with E-state index in [9.17, 15) is 23.2 Å². The van der Waals surface area contributed by atoms with E-state index in [1.807, 2.05) is 0 Å². The molecule has 3 rings (SSSR count). The van der Waals surface area contributed by atoms with Crippen LogP contribution >= 0.6 is 0 Å². The minimum atomic E-state index is -3.66. The van der Waals surface area contributed by atoms with Gasteiger partial charge in [-0.3, -0.25) is 10.0 Å². The van der Waals surface area contributed by atoms with Gasteiger partial charge in [-0.2, -0.15) is 0 Å². The molecule has 3 atom stereocenters. The predicted octanol–water partition coefficient (Wildman–Crippen LogP) is 0.939. The molecule has 2 aliphatic rings. The molecule has 1 heterocycles. The molecule has 22 heavy (non-hydrogen) atoms. The van der Waals surface area contributed by atoms with E-state index >= 15 is 0 Å². The maximum absolute atomic E-state index is 12.8. The average Bonchev–Trinajstić information content (AvgIpc) is 2.53. The van der Waals surface area contributed by atoms with E-state index in [4.69, 9.17) is 0 Å². The van der Waals surface area contributed by atoms with Gasteiger partial charge in [-0.05, 0) is 25.0 Å². The molecule has 118 valence electrons. The van der Waals surface area contributed by atoms with Crippen LogP contribution in [-0.2, 0) is 14.6 Å². The molecule has 1 saturated carbocycles. The third kappa shape index (κ3) is 2.28. The van der Waals surface area contributed by atoms with E-state index in [0.29, 0.717) is 19.3 Å². The number of urea groups is 1. The molecule has 2 N–H and O–H groups in total. The number of nitrogens with one attached hydrogen (secondary N) is 1. The van der Waals surface area contributed by atoms with Crippen LogP contribution in [0.4, 0.5) is 4.79 Å². The first-order valence-corrected chi connectivity index (χ1v) is 8.60. The summed E-state index contributed by atoms with van der Waals surface area (Å²) in [5.41, 5.74) is 0. The fourth-order valence-electron chi connectivity index (χ4n) is 3.22. The topological polar surface area (TPSA) is 104 Å². The lowest BCUT2D eigenvalue weighted by Gasteiger charge is -2.41. The Morgan fingerprint density at radius 1 is 1.14 bits per heavy atom. The molecule has 3 amide bonds. The van der Waals surface area contributed by atoms with Gasteiger partial charge in [0.25, 0.3) is 5.91 Å². The summed E-state index contributed by atoms with van der Waals surface area (Å²) >= 11 is 0. The Labute approximate surface area is 127 Å². The molecule has 0 aromatic heterocycles. The van der Waals surface area contributed by atoms with E-state index in [2.05, 4.69) is 5.32 Å². The first kappa shape index (κ1) is 15.0. The first-order valence-electron chi connectivity index (χ1n) is 7.05. The van der Waals surface area contributed by atoms with E-state index in [-0.39, 0.29) is 9.96 Å². The van der Waals surface area contributed by atoms with Crippen molar-refractivity contribution < 1.29 is 23.2 Å². The molecule has 1 aromatic rings. The van der Waals surface area contributed by atoms with Crippen LogP contribution in [0.5, 0.6) is 0 Å². The molecule has 1 aliphatic heterocycles. The van der Waals surface area contributed by atoms with Gasteiger partial charge >= 0.3 is 6.03 Å². The van der Waals surface area contributed by atoms with Crippen LogP contribution in [0, 0.1) is 5.92 Å². The van der Waals surface area contributed by atoms with Crippen molar-refractivity contribution in [2.75, 3.05) is 0 Å². The summed E-state index contributed by atoms with van der Waals surface area (Å²) in [6.07, 6.45) is 1.37. The molecule has 8 heteroatoms. The van der Waals surface area contributed by atoms with Crippen molar-refractivity contribution >= 4 is 21.8 Å². The summed E-state index contributed by atoms with van der Waals surface area (Å²) in [7, 11) is -3.66. The fraction of sp³-hybridized carbons (Fsp3) is 0.429. The number of carbonyl (C=O) groups is 2. The average molecular weight is 324 g/mol. The van der Waals surface area contributed by atoms with Gasteiger partial charge in [-0.15, -0.1) is 5.06 Å². The van der Waals surface area contributed by atoms with Crippen molar-refractivity contribution in [1.82, 2.24) is 10.4 Å². The molecule has 7 nitrogen and oxygen atoms in total. The first-order chi connectivity index (χ1) is 10.4. The number of imide groups is 1. The summed E-state index contributed by atoms with van der Waals surface area (Å²) < 4.78 is 25.6. The molecule has 1 saturated heterocycles. The Morgan fingerprint density at radius 3 is 2.50 bits per heavy atom. The van der Waals surface area contributed by atoms with Crippen molar-refractivity contribution in [3.8, 4) is 0 Å². The van der Waals surface area contributed by atoms with Crippen molar-refractivity contribution in [3.05, 3.63) is 30.3 Å². The number of carbonyl (C=O) groups excluding carboxylic acids is 2. The highest BCUT2D eigenvalue weighted by atomic mass is 32.2. The molecular weight excluding hydrogens is 308 g/mol. The van der Waals surface area contributed by atoms with Gasteiger partial charge in [0.05, 0.1) is 22.1 Å². The Hall–Kier alpha value is -1.93. The lowest BCUT2D eigenvalue weighted by atomic mass is 9.82. The van der Waals surface area contributed by atoms with Crippen LogP contribution in [0.3, 0.4) is 0 Å². The minimum Gasteiger partial charge on any atom is -0.331 e. The standard InChI is InChI=1S/C14H16N2O5S/c17-13-10-7-4-8-11(12(10)15-14(18)16(13)19)22(20,21)9-5-2-1-3-6-9/h1-3,5-6,10-12,19H,4,7-8H2,(H,15,18). The maximum atomic E-state index is 12.8. The fourth-order valence-corrected chi connectivity index (χ4v) is 5.23. The third-order valence-electron chi connectivity index (χ3n) is 4.32. The van der Waals surface area contributed by atoms with Crippen LogP contribution in [-0.4, -0.2) is 41.9 Å². The molecule has 0 spiro atoms. The van der Waals surface area contributed by atoms with Gasteiger partial charge in [-0.1, -0.05) is 24.6 Å². The highest BCUT2D eigenvalue weighted by molar-refractivity contribution is 7.92. The van der Waals surface area contributed by atoms with Gasteiger partial charge in [0.2, 0.25) is 0 Å². The summed E-state index contributed by atoms with van der Waals surface area (Å²) in [5.74, 6) is -1.44. The predicted molar refractivity (Wildman–Crippen MR) is 75.7 cm³/mol. The number of nitrogens with zero attached hydrogens (tertiary/aromatic N) is 1. The van der Waals surface area contributed by atoms with Gasteiger partial charge in [0.1, 0.15) is 0 Å². The molecule has 1 aromatic carbocycles. The third-order valence-corrected chi connectivity index (χ3v) is 6.57. The van der Waals surface area contributed by atoms with Crippen LogP contribution in [0.25, 0.3) is 0 Å². The summed E-state index contributed by atoms with van der Waals surface area (Å²) in [5, 5.41) is 11.0. The molecular formula is C14H16N2O5S. The van der Waals surface area contributed by atoms with Crippen molar-refractivity contribution in [1.29, 1.82) is 0 Å². The summed E-state index contributed by atoms with van der Waals surface area (Å²) in [6.45, 7) is 0. The number of fused-ring (bicyclic) bond motifs is 1. The van der Waals surface area contributed by atoms with Crippen LogP contribution in [0.2, 0.25) is 0 Å². The van der Waals surface area contributed by atoms with Gasteiger partial charge in [0.15, 0.2) is 9.84 Å². The smallest absolute Gasteiger partial charge is 0.331 e. The molecule has 2 fully saturated rings. The van der Waals surface area contributed by atoms with E-state index in [0.717, 1.165) is 0 Å². The number of sulfone groups is 1. The Balaban J connectivity index is 1.97. The quantitative estimate of drug-likeness (QED) is 0.788. The van der Waals surface area contributed by atoms with Gasteiger partial charge in [-0.25, -0.2) is 13.2 Å². The number of hydrogen-bond donors (Lipinski definition) is 2. The SMILES string of the molecule is O=C1NC2C(CCCC2S(=O)(=O)c2ccccc2)C(=O)N1O. The van der Waals surface area contributed by atoms with Crippen LogP contribution in [0.1, 0.15) is 19.3 Å². The number of hydroxylamine groups is 2. The lowest BCUT2D eigenvalue weighted by Crippen LogP contribution is -2.64. The largest absolute Gasteiger partial charge is 0.348 e. The Kier molecular flexibility index (Phi) is 3.65. The highest BCUT2D eigenvalue weighted by Gasteiger charge is 2.50. The number of rotatable bonds is 2. The monoisotopic (exact) mass is 324 g/mol. The molecule has 1 aliphatic carbocycles. The van der Waals surface area contributed by atoms with Crippen molar-refractivity contribution in [2.45, 2.75) is 35.4 Å². The van der Waals surface area contributed by atoms with E-state index in [1.54, 1.807) is 18.2 Å². The summed E-state index contributed by atoms with van der Waals surface area (Å²) in [4.78, 5) is 23.8. The van der Waals surface area contributed by atoms with Gasteiger partial charge < -0.3 is 5.32 Å². The van der Waals surface area contributed by atoms with E-state index < -0.39 is 39.0 Å². The molecule has 3 unspecified atom stereocenters. The normalized spacial score (nSPS) is 29.0.